The van der Waals surface area contributed by atoms with Gasteiger partial charge in [0.15, 0.2) is 0 Å². The summed E-state index contributed by atoms with van der Waals surface area (Å²) in [6.07, 6.45) is 11.3. The Kier molecular flexibility index (Phi) is 7.52. The molecule has 35 heavy (non-hydrogen) atoms. The third-order valence-electron chi connectivity index (χ3n) is 12.0. The van der Waals surface area contributed by atoms with Gasteiger partial charge in [-0.05, 0) is 96.1 Å². The SMILES string of the molecule is COC(=O)[C@H]1CC[C@H]2[C@@H]3[C@@H](C)C=C4C[C@@H](O[Si](C(C)C)(C(C)C)C(C)C)CC[C@]4(C)[C@H]3CC[C@]12C. The van der Waals surface area contributed by atoms with E-state index in [4.69, 9.17) is 9.16 Å². The number of carbonyl (C=O) groups excluding carboxylic acids is 1. The predicted molar refractivity (Wildman–Crippen MR) is 148 cm³/mol. The van der Waals surface area contributed by atoms with Crippen LogP contribution in [0.15, 0.2) is 11.6 Å². The van der Waals surface area contributed by atoms with Crippen molar-refractivity contribution in [1.82, 2.24) is 0 Å². The van der Waals surface area contributed by atoms with Gasteiger partial charge >= 0.3 is 5.97 Å². The average Bonchev–Trinajstić information content (AvgIpc) is 3.14. The molecule has 3 nitrogen and oxygen atoms in total. The molecule has 0 amide bonds. The van der Waals surface area contributed by atoms with Crippen molar-refractivity contribution in [2.75, 3.05) is 7.11 Å². The summed E-state index contributed by atoms with van der Waals surface area (Å²) in [5, 5.41) is 0. The van der Waals surface area contributed by atoms with Gasteiger partial charge in [-0.1, -0.05) is 74.0 Å². The molecule has 0 aromatic carbocycles. The Hall–Kier alpha value is -0.613. The van der Waals surface area contributed by atoms with Gasteiger partial charge in [0.05, 0.1) is 13.0 Å². The van der Waals surface area contributed by atoms with Gasteiger partial charge in [0.1, 0.15) is 0 Å². The van der Waals surface area contributed by atoms with Crippen molar-refractivity contribution < 1.29 is 14.0 Å². The van der Waals surface area contributed by atoms with Gasteiger partial charge in [0.2, 0.25) is 8.32 Å². The molecule has 4 heteroatoms. The summed E-state index contributed by atoms with van der Waals surface area (Å²) >= 11 is 0. The largest absolute Gasteiger partial charge is 0.469 e. The molecule has 4 aliphatic rings. The molecule has 0 aliphatic heterocycles. The van der Waals surface area contributed by atoms with Crippen LogP contribution in [0.1, 0.15) is 107 Å². The molecule has 0 unspecified atom stereocenters. The van der Waals surface area contributed by atoms with E-state index in [1.54, 1.807) is 12.7 Å². The minimum absolute atomic E-state index is 0.0325. The monoisotopic (exact) mass is 502 g/mol. The maximum atomic E-state index is 12.7. The number of ether oxygens (including phenoxy) is 1. The van der Waals surface area contributed by atoms with Crippen LogP contribution in [-0.4, -0.2) is 27.5 Å². The molecule has 200 valence electrons. The fourth-order valence-electron chi connectivity index (χ4n) is 10.3. The molecular formula is C31H54O3Si. The normalized spacial score (nSPS) is 41.5. The van der Waals surface area contributed by atoms with Gasteiger partial charge in [-0.3, -0.25) is 4.79 Å². The first-order valence-electron chi connectivity index (χ1n) is 14.8. The van der Waals surface area contributed by atoms with Crippen molar-refractivity contribution in [3.63, 3.8) is 0 Å². The summed E-state index contributed by atoms with van der Waals surface area (Å²) < 4.78 is 12.6. The maximum absolute atomic E-state index is 12.7. The lowest BCUT2D eigenvalue weighted by Gasteiger charge is -2.60. The van der Waals surface area contributed by atoms with Gasteiger partial charge in [0.25, 0.3) is 0 Å². The second kappa shape index (κ2) is 9.60. The number of allylic oxidation sites excluding steroid dienone is 1. The Morgan fingerprint density at radius 1 is 0.943 bits per heavy atom. The Morgan fingerprint density at radius 2 is 1.57 bits per heavy atom. The summed E-state index contributed by atoms with van der Waals surface area (Å²) in [7, 11) is -0.299. The average molecular weight is 503 g/mol. The fourth-order valence-corrected chi connectivity index (χ4v) is 15.9. The first-order valence-corrected chi connectivity index (χ1v) is 16.9. The number of hydrogen-bond acceptors (Lipinski definition) is 3. The number of carbonyl (C=O) groups is 1. The number of esters is 1. The molecule has 0 aromatic heterocycles. The first-order chi connectivity index (χ1) is 16.3. The molecular weight excluding hydrogens is 448 g/mol. The van der Waals surface area contributed by atoms with Crippen LogP contribution >= 0.6 is 0 Å². The smallest absolute Gasteiger partial charge is 0.309 e. The van der Waals surface area contributed by atoms with Gasteiger partial charge in [-0.2, -0.15) is 0 Å². The standard InChI is InChI=1S/C31H54O3Si/c1-19(2)35(20(3)4,21(5)6)34-24-13-15-30(8)23(18-24)17-22(7)28-25-11-12-27(29(32)33-10)31(25,9)16-14-26(28)30/h17,19-22,24-28H,11-16,18H2,1-10H3/t22-,24-,25-,26-,27+,28-,30-,31-/m0/s1. The lowest BCUT2D eigenvalue weighted by molar-refractivity contribution is -0.153. The minimum Gasteiger partial charge on any atom is -0.469 e. The summed E-state index contributed by atoms with van der Waals surface area (Å²) in [6.45, 7) is 21.9. The minimum atomic E-state index is -1.87. The topological polar surface area (TPSA) is 35.5 Å². The highest BCUT2D eigenvalue weighted by molar-refractivity contribution is 6.77. The van der Waals surface area contributed by atoms with Crippen molar-refractivity contribution in [3.05, 3.63) is 11.6 Å². The van der Waals surface area contributed by atoms with E-state index in [1.165, 1.54) is 32.1 Å². The third kappa shape index (κ3) is 4.12. The maximum Gasteiger partial charge on any atom is 0.309 e. The zero-order valence-corrected chi connectivity index (χ0v) is 25.4. The Labute approximate surface area is 217 Å². The molecule has 0 spiro atoms. The second-order valence-electron chi connectivity index (χ2n) is 14.3. The molecule has 3 saturated carbocycles. The summed E-state index contributed by atoms with van der Waals surface area (Å²) in [5.41, 5.74) is 4.04. The Morgan fingerprint density at radius 3 is 2.14 bits per heavy atom. The van der Waals surface area contributed by atoms with Crippen LogP contribution in [0.3, 0.4) is 0 Å². The van der Waals surface area contributed by atoms with Gasteiger partial charge < -0.3 is 9.16 Å². The number of fused-ring (bicyclic) bond motifs is 5. The summed E-state index contributed by atoms with van der Waals surface area (Å²) in [5.74, 6) is 2.80. The number of rotatable bonds is 6. The van der Waals surface area contributed by atoms with Crippen LogP contribution < -0.4 is 0 Å². The van der Waals surface area contributed by atoms with Crippen molar-refractivity contribution in [1.29, 1.82) is 0 Å². The highest BCUT2D eigenvalue weighted by Crippen LogP contribution is 2.67. The van der Waals surface area contributed by atoms with Crippen LogP contribution in [0, 0.1) is 40.4 Å². The fraction of sp³-hybridized carbons (Fsp3) is 0.903. The van der Waals surface area contributed by atoms with E-state index in [-0.39, 0.29) is 17.3 Å². The number of hydrogen-bond donors (Lipinski definition) is 0. The molecule has 0 radical (unpaired) electrons. The van der Waals surface area contributed by atoms with E-state index in [0.29, 0.717) is 45.9 Å². The van der Waals surface area contributed by atoms with Gasteiger partial charge in [-0.25, -0.2) is 0 Å². The zero-order valence-electron chi connectivity index (χ0n) is 24.4. The molecule has 0 saturated heterocycles. The highest BCUT2D eigenvalue weighted by atomic mass is 28.4. The van der Waals surface area contributed by atoms with Gasteiger partial charge in [-0.15, -0.1) is 0 Å². The second-order valence-corrected chi connectivity index (χ2v) is 19.7. The first kappa shape index (κ1) is 27.4. The van der Waals surface area contributed by atoms with E-state index in [1.807, 2.05) is 0 Å². The number of methoxy groups -OCH3 is 1. The van der Waals surface area contributed by atoms with E-state index >= 15 is 0 Å². The molecule has 4 rings (SSSR count). The van der Waals surface area contributed by atoms with Crippen molar-refractivity contribution in [2.24, 2.45) is 40.4 Å². The molecule has 0 bridgehead atoms. The van der Waals surface area contributed by atoms with E-state index in [2.05, 4.69) is 68.4 Å². The highest BCUT2D eigenvalue weighted by Gasteiger charge is 2.62. The summed E-state index contributed by atoms with van der Waals surface area (Å²) in [6, 6.07) is 0. The molecule has 0 aromatic rings. The van der Waals surface area contributed by atoms with Gasteiger partial charge in [0, 0.05) is 6.10 Å². The van der Waals surface area contributed by atoms with Crippen LogP contribution in [0.25, 0.3) is 0 Å². The summed E-state index contributed by atoms with van der Waals surface area (Å²) in [4.78, 5) is 12.7. The van der Waals surface area contributed by atoms with E-state index in [9.17, 15) is 4.79 Å². The predicted octanol–water partition coefficient (Wildman–Crippen LogP) is 8.55. The van der Waals surface area contributed by atoms with Crippen molar-refractivity contribution >= 4 is 14.3 Å². The third-order valence-corrected chi connectivity index (χ3v) is 18.1. The quantitative estimate of drug-likeness (QED) is 0.207. The van der Waals surface area contributed by atoms with Crippen LogP contribution in [0.4, 0.5) is 0 Å². The Bertz CT molecular complexity index is 809. The van der Waals surface area contributed by atoms with Crippen LogP contribution in [-0.2, 0) is 14.0 Å². The molecule has 0 N–H and O–H groups in total. The lowest BCUT2D eigenvalue weighted by Crippen LogP contribution is -2.55. The molecule has 8 atom stereocenters. The van der Waals surface area contributed by atoms with Crippen LogP contribution in [0.2, 0.25) is 16.6 Å². The van der Waals surface area contributed by atoms with E-state index < -0.39 is 8.32 Å². The zero-order chi connectivity index (χ0) is 25.9. The molecule has 3 fully saturated rings. The lowest BCUT2D eigenvalue weighted by atomic mass is 9.45. The molecule has 4 aliphatic carbocycles. The van der Waals surface area contributed by atoms with Crippen LogP contribution in [0.5, 0.6) is 0 Å². The van der Waals surface area contributed by atoms with Crippen molar-refractivity contribution in [2.45, 2.75) is 130 Å². The molecule has 0 heterocycles. The van der Waals surface area contributed by atoms with Crippen molar-refractivity contribution in [3.8, 4) is 0 Å². The van der Waals surface area contributed by atoms with E-state index in [0.717, 1.165) is 18.8 Å². The Balaban J connectivity index is 1.59.